The molecule has 128 valence electrons. The minimum absolute atomic E-state index is 0.196. The summed E-state index contributed by atoms with van der Waals surface area (Å²) in [7, 11) is 1.71. The molecular formula is C17H9BrN4O2S2. The second-order valence-corrected chi connectivity index (χ2v) is 8.58. The molecule has 0 atom stereocenters. The zero-order valence-electron chi connectivity index (χ0n) is 13.3. The van der Waals surface area contributed by atoms with E-state index in [1.807, 2.05) is 35.7 Å². The third kappa shape index (κ3) is 2.14. The highest BCUT2D eigenvalue weighted by atomic mass is 79.9. The van der Waals surface area contributed by atoms with E-state index in [0.29, 0.717) is 20.9 Å². The lowest BCUT2D eigenvalue weighted by Crippen LogP contribution is -2.30. The molecule has 4 aromatic rings. The Bertz CT molecular complexity index is 1310. The molecule has 1 aliphatic rings. The van der Waals surface area contributed by atoms with Gasteiger partial charge in [-0.2, -0.15) is 9.50 Å². The van der Waals surface area contributed by atoms with Gasteiger partial charge >= 0.3 is 0 Å². The zero-order valence-corrected chi connectivity index (χ0v) is 16.5. The van der Waals surface area contributed by atoms with Gasteiger partial charge < -0.3 is 4.90 Å². The van der Waals surface area contributed by atoms with Crippen LogP contribution in [0.1, 0.15) is 5.56 Å². The maximum Gasteiger partial charge on any atom is 0.291 e. The fourth-order valence-electron chi connectivity index (χ4n) is 3.01. The number of carbonyl (C=O) groups excluding carboxylic acids is 1. The van der Waals surface area contributed by atoms with Gasteiger partial charge in [0, 0.05) is 17.1 Å². The third-order valence-corrected chi connectivity index (χ3v) is 6.62. The summed E-state index contributed by atoms with van der Waals surface area (Å²) in [6, 6.07) is 9.42. The van der Waals surface area contributed by atoms with Crippen LogP contribution in [0.4, 0.5) is 5.69 Å². The average Bonchev–Trinajstić information content (AvgIpc) is 3.36. The zero-order chi connectivity index (χ0) is 18.0. The first-order chi connectivity index (χ1) is 12.5. The van der Waals surface area contributed by atoms with E-state index in [9.17, 15) is 9.59 Å². The summed E-state index contributed by atoms with van der Waals surface area (Å²) in [5.41, 5.74) is 1.62. The van der Waals surface area contributed by atoms with Crippen molar-refractivity contribution in [2.24, 2.45) is 0 Å². The molecule has 4 heterocycles. The van der Waals surface area contributed by atoms with Gasteiger partial charge in [0.05, 0.1) is 16.1 Å². The lowest BCUT2D eigenvalue weighted by atomic mass is 10.1. The number of likely N-dealkylation sites (N-methyl/N-ethyl adjacent to an activating group) is 1. The van der Waals surface area contributed by atoms with Crippen molar-refractivity contribution in [1.82, 2.24) is 14.6 Å². The molecule has 0 fully saturated rings. The number of anilines is 1. The summed E-state index contributed by atoms with van der Waals surface area (Å²) in [6.45, 7) is 0. The largest absolute Gasteiger partial charge is 0.311 e. The van der Waals surface area contributed by atoms with E-state index in [0.717, 1.165) is 20.6 Å². The Balaban J connectivity index is 1.81. The summed E-state index contributed by atoms with van der Waals surface area (Å²) >= 11 is 6.15. The molecule has 6 nitrogen and oxygen atoms in total. The quantitative estimate of drug-likeness (QED) is 0.452. The van der Waals surface area contributed by atoms with Crippen LogP contribution in [0.3, 0.4) is 0 Å². The Morgan fingerprint density at radius 3 is 2.77 bits per heavy atom. The lowest BCUT2D eigenvalue weighted by molar-refractivity contribution is -0.112. The van der Waals surface area contributed by atoms with Crippen LogP contribution in [0.2, 0.25) is 0 Å². The first kappa shape index (κ1) is 15.9. The van der Waals surface area contributed by atoms with Gasteiger partial charge in [-0.3, -0.25) is 9.59 Å². The monoisotopic (exact) mass is 444 g/mol. The van der Waals surface area contributed by atoms with Gasteiger partial charge in [-0.15, -0.1) is 16.4 Å². The fourth-order valence-corrected chi connectivity index (χ4v) is 5.02. The molecule has 5 rings (SSSR count). The minimum atomic E-state index is -0.315. The number of rotatable bonds is 1. The number of carbonyl (C=O) groups is 1. The molecule has 0 unspecified atom stereocenters. The molecule has 1 amide bonds. The van der Waals surface area contributed by atoms with E-state index in [1.165, 1.54) is 27.2 Å². The second-order valence-electron chi connectivity index (χ2n) is 5.74. The fraction of sp³-hybridized carbons (Fsp3) is 0.0588. The van der Waals surface area contributed by atoms with Crippen LogP contribution in [-0.4, -0.2) is 27.6 Å². The number of aromatic nitrogens is 3. The number of benzene rings is 1. The smallest absolute Gasteiger partial charge is 0.291 e. The van der Waals surface area contributed by atoms with Crippen molar-refractivity contribution in [3.63, 3.8) is 0 Å². The Labute approximate surface area is 163 Å². The van der Waals surface area contributed by atoms with E-state index in [-0.39, 0.29) is 11.5 Å². The highest BCUT2D eigenvalue weighted by molar-refractivity contribution is 9.10. The van der Waals surface area contributed by atoms with Crippen molar-refractivity contribution in [3.05, 3.63) is 60.6 Å². The molecule has 0 N–H and O–H groups in total. The Morgan fingerprint density at radius 2 is 2.04 bits per heavy atom. The van der Waals surface area contributed by atoms with Crippen LogP contribution in [0.25, 0.3) is 21.2 Å². The van der Waals surface area contributed by atoms with Crippen molar-refractivity contribution in [3.8, 4) is 10.7 Å². The molecule has 9 heteroatoms. The number of amides is 1. The molecule has 0 saturated carbocycles. The van der Waals surface area contributed by atoms with E-state index in [1.54, 1.807) is 11.9 Å². The SMILES string of the molecule is CN1C(=O)C(=c2sc3nc(-c4cccs4)nn3c2=O)c2cc(Br)ccc21. The normalized spacial score (nSPS) is 15.9. The van der Waals surface area contributed by atoms with E-state index in [4.69, 9.17) is 0 Å². The number of halogens is 1. The van der Waals surface area contributed by atoms with Crippen molar-refractivity contribution in [1.29, 1.82) is 0 Å². The molecule has 0 saturated heterocycles. The summed E-state index contributed by atoms with van der Waals surface area (Å²) in [5.74, 6) is 0.330. The van der Waals surface area contributed by atoms with E-state index >= 15 is 0 Å². The van der Waals surface area contributed by atoms with Gasteiger partial charge in [0.2, 0.25) is 4.96 Å². The molecule has 0 aliphatic carbocycles. The number of fused-ring (bicyclic) bond motifs is 2. The molecule has 0 bridgehead atoms. The highest BCUT2D eigenvalue weighted by Crippen LogP contribution is 2.36. The number of thiophene rings is 1. The van der Waals surface area contributed by atoms with E-state index < -0.39 is 0 Å². The Hall–Kier alpha value is -2.36. The minimum Gasteiger partial charge on any atom is -0.311 e. The van der Waals surface area contributed by atoms with Gasteiger partial charge in [-0.25, -0.2) is 0 Å². The summed E-state index contributed by atoms with van der Waals surface area (Å²) in [5, 5.41) is 6.27. The van der Waals surface area contributed by atoms with Crippen molar-refractivity contribution < 1.29 is 4.79 Å². The molecule has 1 aliphatic heterocycles. The number of thiazole rings is 1. The van der Waals surface area contributed by atoms with Gasteiger partial charge in [-0.1, -0.05) is 33.3 Å². The molecular weight excluding hydrogens is 436 g/mol. The molecule has 26 heavy (non-hydrogen) atoms. The van der Waals surface area contributed by atoms with Crippen molar-refractivity contribution in [2.45, 2.75) is 0 Å². The topological polar surface area (TPSA) is 67.6 Å². The predicted octanol–water partition coefficient (Wildman–Crippen LogP) is 2.54. The summed E-state index contributed by atoms with van der Waals surface area (Å²) in [6.07, 6.45) is 0. The molecule has 0 radical (unpaired) electrons. The van der Waals surface area contributed by atoms with Crippen LogP contribution in [0, 0.1) is 0 Å². The molecule has 1 aromatic carbocycles. The van der Waals surface area contributed by atoms with Crippen molar-refractivity contribution in [2.75, 3.05) is 11.9 Å². The van der Waals surface area contributed by atoms with Crippen LogP contribution in [-0.2, 0) is 4.79 Å². The number of hydrogen-bond acceptors (Lipinski definition) is 6. The average molecular weight is 445 g/mol. The molecule has 3 aromatic heterocycles. The first-order valence-electron chi connectivity index (χ1n) is 7.60. The van der Waals surface area contributed by atoms with Gasteiger partial charge in [0.15, 0.2) is 5.82 Å². The predicted molar refractivity (Wildman–Crippen MR) is 106 cm³/mol. The van der Waals surface area contributed by atoms with E-state index in [2.05, 4.69) is 26.0 Å². The van der Waals surface area contributed by atoms with Crippen LogP contribution >= 0.6 is 38.6 Å². The maximum atomic E-state index is 12.9. The Kier molecular flexibility index (Phi) is 3.40. The van der Waals surface area contributed by atoms with Gasteiger partial charge in [-0.05, 0) is 29.6 Å². The first-order valence-corrected chi connectivity index (χ1v) is 10.1. The van der Waals surface area contributed by atoms with Gasteiger partial charge in [0.25, 0.3) is 11.5 Å². The number of nitrogens with zero attached hydrogens (tertiary/aromatic N) is 4. The third-order valence-electron chi connectivity index (χ3n) is 4.23. The Morgan fingerprint density at radius 1 is 1.19 bits per heavy atom. The molecule has 0 spiro atoms. The highest BCUT2D eigenvalue weighted by Gasteiger charge is 2.32. The van der Waals surface area contributed by atoms with Crippen LogP contribution in [0.15, 0.2) is 45.0 Å². The second kappa shape index (κ2) is 5.57. The number of hydrogen-bond donors (Lipinski definition) is 0. The summed E-state index contributed by atoms with van der Waals surface area (Å²) < 4.78 is 2.50. The van der Waals surface area contributed by atoms with Gasteiger partial charge in [0.1, 0.15) is 4.53 Å². The van der Waals surface area contributed by atoms with Crippen molar-refractivity contribution >= 4 is 60.7 Å². The van der Waals surface area contributed by atoms with Crippen LogP contribution < -0.4 is 15.0 Å². The maximum absolute atomic E-state index is 12.9. The lowest BCUT2D eigenvalue weighted by Gasteiger charge is -2.08. The standard InChI is InChI=1S/C17H9BrN4O2S2/c1-21-10-5-4-8(18)7-9(10)12(15(21)23)13-16(24)22-17(26-13)19-14(20-22)11-3-2-6-25-11/h2-7H,1H3. The van der Waals surface area contributed by atoms with Crippen LogP contribution in [0.5, 0.6) is 0 Å². The summed E-state index contributed by atoms with van der Waals surface area (Å²) in [4.78, 5) is 33.1.